The van der Waals surface area contributed by atoms with Crippen LogP contribution in [0.5, 0.6) is 0 Å². The number of nitrogens with two attached hydrogens (primary N) is 2. The van der Waals surface area contributed by atoms with E-state index < -0.39 is 22.6 Å². The van der Waals surface area contributed by atoms with E-state index in [9.17, 15) is 20.1 Å². The topological polar surface area (TPSA) is 181 Å². The summed E-state index contributed by atoms with van der Waals surface area (Å²) in [5.74, 6) is -1.10. The first-order chi connectivity index (χ1) is 25.2. The number of nitriles is 4. The van der Waals surface area contributed by atoms with Crippen LogP contribution in [0.1, 0.15) is 55.6 Å². The summed E-state index contributed by atoms with van der Waals surface area (Å²) in [6.45, 7) is 0. The first kappa shape index (κ1) is 35.5. The van der Waals surface area contributed by atoms with Gasteiger partial charge in [-0.15, -0.1) is 0 Å². The number of carbonyl (C=O) groups excluding carboxylic acids is 2. The van der Waals surface area contributed by atoms with Gasteiger partial charge in [-0.25, -0.2) is 0 Å². The van der Waals surface area contributed by atoms with E-state index in [0.717, 1.165) is 0 Å². The Morgan fingerprint density at radius 3 is 0.942 bits per heavy atom. The summed E-state index contributed by atoms with van der Waals surface area (Å²) in [6, 6.07) is 54.1. The smallest absolute Gasteiger partial charge is 0.237 e. The van der Waals surface area contributed by atoms with Crippen LogP contribution in [0.2, 0.25) is 0 Å². The van der Waals surface area contributed by atoms with Gasteiger partial charge < -0.3 is 11.5 Å². The third-order valence-electron chi connectivity index (χ3n) is 8.90. The van der Waals surface area contributed by atoms with Crippen molar-refractivity contribution in [2.45, 2.75) is 10.8 Å². The van der Waals surface area contributed by atoms with Crippen LogP contribution in [0.15, 0.2) is 158 Å². The Labute approximate surface area is 301 Å². The van der Waals surface area contributed by atoms with E-state index in [1.165, 1.54) is 0 Å². The lowest BCUT2D eigenvalue weighted by Gasteiger charge is -2.32. The number of amides is 2. The minimum absolute atomic E-state index is 0.442. The molecular weight excluding hydrogens is 645 g/mol. The van der Waals surface area contributed by atoms with Crippen molar-refractivity contribution in [2.75, 3.05) is 0 Å². The number of primary amides is 2. The Morgan fingerprint density at radius 1 is 0.365 bits per heavy atom. The van der Waals surface area contributed by atoms with Crippen molar-refractivity contribution in [2.24, 2.45) is 11.5 Å². The van der Waals surface area contributed by atoms with Crippen LogP contribution in [-0.2, 0) is 20.4 Å². The van der Waals surface area contributed by atoms with Crippen molar-refractivity contribution in [3.63, 3.8) is 0 Å². The fourth-order valence-corrected chi connectivity index (χ4v) is 6.46. The first-order valence-electron chi connectivity index (χ1n) is 16.0. The normalized spacial score (nSPS) is 12.4. The number of carbonyl (C=O) groups is 2. The van der Waals surface area contributed by atoms with E-state index in [4.69, 9.17) is 22.0 Å². The van der Waals surface area contributed by atoms with Gasteiger partial charge in [-0.1, -0.05) is 109 Å². The number of hydrogen-bond acceptors (Lipinski definition) is 6. The van der Waals surface area contributed by atoms with Gasteiger partial charge in [-0.2, -0.15) is 21.0 Å². The average molecular weight is 675 g/mol. The van der Waals surface area contributed by atoms with Gasteiger partial charge in [0.15, 0.2) is 0 Å². The van der Waals surface area contributed by atoms with Crippen molar-refractivity contribution in [3.05, 3.63) is 213 Å². The van der Waals surface area contributed by atoms with Crippen molar-refractivity contribution in [3.8, 4) is 24.3 Å². The van der Waals surface area contributed by atoms with Crippen molar-refractivity contribution in [1.29, 1.82) is 21.0 Å². The van der Waals surface area contributed by atoms with Crippen LogP contribution in [0.4, 0.5) is 0 Å². The van der Waals surface area contributed by atoms with Crippen LogP contribution in [-0.4, -0.2) is 11.8 Å². The fraction of sp³-hybridized carbons (Fsp3) is 0.0455. The highest BCUT2D eigenvalue weighted by Crippen LogP contribution is 2.41. The molecule has 0 saturated heterocycles. The van der Waals surface area contributed by atoms with E-state index in [0.29, 0.717) is 55.6 Å². The fourth-order valence-electron chi connectivity index (χ4n) is 6.46. The molecular formula is C44H30N6O2. The van der Waals surface area contributed by atoms with Gasteiger partial charge in [0.1, 0.15) is 10.8 Å². The maximum Gasteiger partial charge on any atom is 0.237 e. The molecule has 52 heavy (non-hydrogen) atoms. The monoisotopic (exact) mass is 674 g/mol. The van der Waals surface area contributed by atoms with Crippen LogP contribution in [0, 0.1) is 45.3 Å². The lowest BCUT2D eigenvalue weighted by molar-refractivity contribution is -0.121. The molecule has 0 saturated carbocycles. The molecule has 0 aliphatic carbocycles. The second-order valence-corrected chi connectivity index (χ2v) is 11.7. The zero-order valence-corrected chi connectivity index (χ0v) is 27.8. The highest BCUT2D eigenvalue weighted by atomic mass is 16.1. The summed E-state index contributed by atoms with van der Waals surface area (Å²) in [4.78, 5) is 25.7. The molecule has 0 spiro atoms. The predicted octanol–water partition coefficient (Wildman–Crippen LogP) is 6.50. The van der Waals surface area contributed by atoms with Gasteiger partial charge >= 0.3 is 0 Å². The van der Waals surface area contributed by atoms with Gasteiger partial charge in [0.05, 0.1) is 46.5 Å². The van der Waals surface area contributed by atoms with Crippen LogP contribution in [0.3, 0.4) is 0 Å². The molecule has 6 aromatic carbocycles. The predicted molar refractivity (Wildman–Crippen MR) is 196 cm³/mol. The van der Waals surface area contributed by atoms with Gasteiger partial charge in [-0.05, 0) is 81.9 Å². The summed E-state index contributed by atoms with van der Waals surface area (Å²) in [7, 11) is 0. The van der Waals surface area contributed by atoms with E-state index in [1.54, 1.807) is 97.1 Å². The SMILES string of the molecule is N#Cc1ccc(C(C(N)=O)(c2ccccc2)c2cccc(C#N)c2)cc1.N#Cc1ccc(C(C(N)=O)(c2ccccc2)c2cccc(C#N)c2)cc1. The molecule has 0 aliphatic heterocycles. The van der Waals surface area contributed by atoms with Crippen LogP contribution < -0.4 is 11.5 Å². The molecule has 4 N–H and O–H groups in total. The molecule has 6 rings (SSSR count). The lowest BCUT2D eigenvalue weighted by atomic mass is 9.68. The summed E-state index contributed by atoms with van der Waals surface area (Å²) in [5, 5.41) is 36.7. The van der Waals surface area contributed by atoms with Crippen molar-refractivity contribution >= 4 is 11.8 Å². The first-order valence-corrected chi connectivity index (χ1v) is 16.0. The molecule has 8 heteroatoms. The second-order valence-electron chi connectivity index (χ2n) is 11.7. The molecule has 0 bridgehead atoms. The average Bonchev–Trinajstić information content (AvgIpc) is 3.20. The summed E-state index contributed by atoms with van der Waals surface area (Å²) >= 11 is 0. The molecule has 0 aromatic heterocycles. The van der Waals surface area contributed by atoms with Gasteiger partial charge in [-0.3, -0.25) is 9.59 Å². The molecule has 8 nitrogen and oxygen atoms in total. The molecule has 0 heterocycles. The molecule has 2 unspecified atom stereocenters. The van der Waals surface area contributed by atoms with Gasteiger partial charge in [0.2, 0.25) is 11.8 Å². The maximum absolute atomic E-state index is 12.9. The Morgan fingerprint density at radius 2 is 0.654 bits per heavy atom. The standard InChI is InChI=1S/2C22H15N3O/c2*23-14-16-9-11-19(12-10-16)22(21(25)26,18-6-2-1-3-7-18)20-8-4-5-17(13-20)15-24/h2*1-13H,(H2,25,26). The third kappa shape index (κ3) is 6.60. The Kier molecular flexibility index (Phi) is 10.7. The van der Waals surface area contributed by atoms with E-state index in [2.05, 4.69) is 24.3 Å². The minimum atomic E-state index is -1.26. The molecule has 2 atom stereocenters. The number of nitrogens with zero attached hydrogens (tertiary/aromatic N) is 4. The maximum atomic E-state index is 12.9. The van der Waals surface area contributed by atoms with Crippen LogP contribution in [0.25, 0.3) is 0 Å². The largest absolute Gasteiger partial charge is 0.368 e. The number of hydrogen-bond donors (Lipinski definition) is 2. The summed E-state index contributed by atoms with van der Waals surface area (Å²) in [6.07, 6.45) is 0. The molecule has 6 aromatic rings. The number of rotatable bonds is 8. The highest BCUT2D eigenvalue weighted by Gasteiger charge is 2.43. The Hall–Kier alpha value is -7.78. The van der Waals surface area contributed by atoms with E-state index >= 15 is 0 Å². The molecule has 248 valence electrons. The zero-order chi connectivity index (χ0) is 37.1. The molecule has 2 amide bonds. The highest BCUT2D eigenvalue weighted by molar-refractivity contribution is 5.96. The van der Waals surface area contributed by atoms with E-state index in [1.807, 2.05) is 60.7 Å². The zero-order valence-electron chi connectivity index (χ0n) is 27.8. The quantitative estimate of drug-likeness (QED) is 0.174. The Bertz CT molecular complexity index is 2230. The summed E-state index contributed by atoms with van der Waals surface area (Å²) in [5.41, 5.74) is 15.1. The minimum Gasteiger partial charge on any atom is -0.368 e. The third-order valence-corrected chi connectivity index (χ3v) is 8.90. The summed E-state index contributed by atoms with van der Waals surface area (Å²) < 4.78 is 0. The lowest BCUT2D eigenvalue weighted by Crippen LogP contribution is -2.43. The van der Waals surface area contributed by atoms with Crippen molar-refractivity contribution in [1.82, 2.24) is 0 Å². The number of benzene rings is 6. The Balaban J connectivity index is 0.000000201. The molecule has 0 fully saturated rings. The van der Waals surface area contributed by atoms with Crippen LogP contribution >= 0.6 is 0 Å². The van der Waals surface area contributed by atoms with Gasteiger partial charge in [0, 0.05) is 0 Å². The molecule has 0 radical (unpaired) electrons. The van der Waals surface area contributed by atoms with Crippen molar-refractivity contribution < 1.29 is 9.59 Å². The second kappa shape index (κ2) is 15.6. The molecule has 0 aliphatic rings. The van der Waals surface area contributed by atoms with Gasteiger partial charge in [0.25, 0.3) is 0 Å². The van der Waals surface area contributed by atoms with E-state index in [-0.39, 0.29) is 0 Å².